The lowest BCUT2D eigenvalue weighted by Gasteiger charge is -2.04. The van der Waals surface area contributed by atoms with Crippen molar-refractivity contribution in [2.75, 3.05) is 11.9 Å². The molecule has 1 aromatic rings. The van der Waals surface area contributed by atoms with Crippen LogP contribution in [0, 0.1) is 23.7 Å². The average Bonchev–Trinajstić information content (AvgIpc) is 2.16. The Morgan fingerprint density at radius 1 is 1.54 bits per heavy atom. The third kappa shape index (κ3) is 2.50. The molecule has 3 heteroatoms. The molecule has 0 aliphatic heterocycles. The minimum atomic E-state index is 0.427. The second-order valence-corrected chi connectivity index (χ2v) is 3.28. The zero-order chi connectivity index (χ0) is 9.68. The van der Waals surface area contributed by atoms with Gasteiger partial charge in [-0.2, -0.15) is 5.26 Å². The van der Waals surface area contributed by atoms with E-state index in [9.17, 15) is 0 Å². The van der Waals surface area contributed by atoms with Crippen molar-refractivity contribution in [2.24, 2.45) is 0 Å². The molecule has 0 aliphatic rings. The maximum absolute atomic E-state index is 8.78. The normalized spacial score (nSPS) is 8.54. The van der Waals surface area contributed by atoms with E-state index in [-0.39, 0.29) is 0 Å². The number of hydrogen-bond donors (Lipinski definition) is 1. The molecule has 0 spiro atoms. The summed E-state index contributed by atoms with van der Waals surface area (Å²) in [7, 11) is 0. The number of anilines is 1. The van der Waals surface area contributed by atoms with Crippen molar-refractivity contribution in [2.45, 2.75) is 0 Å². The van der Waals surface area contributed by atoms with Crippen LogP contribution in [0.2, 0.25) is 0 Å². The Labute approximate surface area is 85.7 Å². The van der Waals surface area contributed by atoms with Crippen molar-refractivity contribution in [1.29, 1.82) is 5.26 Å². The monoisotopic (exact) mass is 234 g/mol. The highest BCUT2D eigenvalue weighted by Gasteiger charge is 2.00. The average molecular weight is 235 g/mol. The van der Waals surface area contributed by atoms with Crippen LogP contribution in [-0.4, -0.2) is 6.54 Å². The molecule has 0 aromatic heterocycles. The summed E-state index contributed by atoms with van der Waals surface area (Å²) >= 11 is 3.29. The van der Waals surface area contributed by atoms with E-state index in [0.717, 1.165) is 10.2 Å². The number of terminal acetylenes is 1. The van der Waals surface area contributed by atoms with Gasteiger partial charge in [0, 0.05) is 4.47 Å². The number of hydrogen-bond acceptors (Lipinski definition) is 2. The van der Waals surface area contributed by atoms with Gasteiger partial charge in [0.25, 0.3) is 0 Å². The summed E-state index contributed by atoms with van der Waals surface area (Å²) in [6.07, 6.45) is 5.09. The standard InChI is InChI=1S/C10H7BrN2/c1-2-5-13-10-4-3-9(11)6-8(10)7-12/h1,3-4,6,13H,5H2. The molecule has 0 fully saturated rings. The van der Waals surface area contributed by atoms with Crippen molar-refractivity contribution in [3.05, 3.63) is 28.2 Å². The Kier molecular flexibility index (Phi) is 3.37. The van der Waals surface area contributed by atoms with Crippen molar-refractivity contribution in [1.82, 2.24) is 0 Å². The fourth-order valence-electron chi connectivity index (χ4n) is 0.909. The van der Waals surface area contributed by atoms with Gasteiger partial charge in [-0.3, -0.25) is 0 Å². The van der Waals surface area contributed by atoms with Gasteiger partial charge in [-0.05, 0) is 18.2 Å². The Hall–Kier alpha value is -1.45. The van der Waals surface area contributed by atoms with Gasteiger partial charge in [-0.1, -0.05) is 21.9 Å². The first kappa shape index (κ1) is 9.64. The molecule has 1 aromatic carbocycles. The summed E-state index contributed by atoms with van der Waals surface area (Å²) in [4.78, 5) is 0. The smallest absolute Gasteiger partial charge is 0.101 e. The van der Waals surface area contributed by atoms with Gasteiger partial charge in [-0.15, -0.1) is 6.42 Å². The van der Waals surface area contributed by atoms with Gasteiger partial charge in [-0.25, -0.2) is 0 Å². The van der Waals surface area contributed by atoms with Crippen LogP contribution < -0.4 is 5.32 Å². The molecule has 0 radical (unpaired) electrons. The molecule has 0 saturated heterocycles. The number of nitriles is 1. The molecule has 1 N–H and O–H groups in total. The summed E-state index contributed by atoms with van der Waals surface area (Å²) in [5.41, 5.74) is 1.35. The molecule has 0 atom stereocenters. The minimum Gasteiger partial charge on any atom is -0.373 e. The third-order valence-electron chi connectivity index (χ3n) is 1.48. The fourth-order valence-corrected chi connectivity index (χ4v) is 1.27. The van der Waals surface area contributed by atoms with Crippen LogP contribution in [-0.2, 0) is 0 Å². The summed E-state index contributed by atoms with van der Waals surface area (Å²) in [5, 5.41) is 11.7. The summed E-state index contributed by atoms with van der Waals surface area (Å²) in [6, 6.07) is 7.51. The molecule has 0 heterocycles. The van der Waals surface area contributed by atoms with E-state index >= 15 is 0 Å². The van der Waals surface area contributed by atoms with E-state index < -0.39 is 0 Å². The molecule has 1 rings (SSSR count). The van der Waals surface area contributed by atoms with Crippen LogP contribution in [0.1, 0.15) is 5.56 Å². The summed E-state index contributed by atoms with van der Waals surface area (Å²) in [6.45, 7) is 0.427. The Morgan fingerprint density at radius 3 is 2.92 bits per heavy atom. The molecular weight excluding hydrogens is 228 g/mol. The molecule has 13 heavy (non-hydrogen) atoms. The topological polar surface area (TPSA) is 35.8 Å². The third-order valence-corrected chi connectivity index (χ3v) is 1.98. The van der Waals surface area contributed by atoms with Crippen LogP contribution in [0.4, 0.5) is 5.69 Å². The highest BCUT2D eigenvalue weighted by molar-refractivity contribution is 9.10. The maximum Gasteiger partial charge on any atom is 0.101 e. The SMILES string of the molecule is C#CCNc1ccc(Br)cc1C#N. The predicted octanol–water partition coefficient (Wildman–Crippen LogP) is 2.37. The van der Waals surface area contributed by atoms with Crippen LogP contribution in [0.5, 0.6) is 0 Å². The quantitative estimate of drug-likeness (QED) is 0.798. The summed E-state index contributed by atoms with van der Waals surface area (Å²) < 4.78 is 0.885. The fraction of sp³-hybridized carbons (Fsp3) is 0.100. The minimum absolute atomic E-state index is 0.427. The molecule has 0 aliphatic carbocycles. The van der Waals surface area contributed by atoms with Crippen molar-refractivity contribution in [3.8, 4) is 18.4 Å². The van der Waals surface area contributed by atoms with E-state index in [1.165, 1.54) is 0 Å². The van der Waals surface area contributed by atoms with Gasteiger partial charge in [0.15, 0.2) is 0 Å². The van der Waals surface area contributed by atoms with E-state index in [4.69, 9.17) is 11.7 Å². The summed E-state index contributed by atoms with van der Waals surface area (Å²) in [5.74, 6) is 2.45. The lowest BCUT2D eigenvalue weighted by atomic mass is 10.2. The van der Waals surface area contributed by atoms with Gasteiger partial charge in [0.05, 0.1) is 17.8 Å². The van der Waals surface area contributed by atoms with Crippen molar-refractivity contribution >= 4 is 21.6 Å². The van der Waals surface area contributed by atoms with E-state index in [0.29, 0.717) is 12.1 Å². The highest BCUT2D eigenvalue weighted by atomic mass is 79.9. The molecule has 2 nitrogen and oxygen atoms in total. The zero-order valence-corrected chi connectivity index (χ0v) is 8.43. The number of nitrogens with one attached hydrogen (secondary N) is 1. The Bertz CT molecular complexity index is 385. The Balaban J connectivity index is 2.96. The number of benzene rings is 1. The second kappa shape index (κ2) is 4.54. The first-order valence-corrected chi connectivity index (χ1v) is 4.44. The molecule has 64 valence electrons. The molecule has 0 bridgehead atoms. The van der Waals surface area contributed by atoms with Crippen LogP contribution in [0.15, 0.2) is 22.7 Å². The van der Waals surface area contributed by atoms with Gasteiger partial charge < -0.3 is 5.32 Å². The lowest BCUT2D eigenvalue weighted by molar-refractivity contribution is 1.35. The first-order chi connectivity index (χ1) is 6.27. The second-order valence-electron chi connectivity index (χ2n) is 2.36. The van der Waals surface area contributed by atoms with Crippen molar-refractivity contribution < 1.29 is 0 Å². The molecule has 0 amide bonds. The van der Waals surface area contributed by atoms with E-state index in [2.05, 4.69) is 33.2 Å². The number of nitrogens with zero attached hydrogens (tertiary/aromatic N) is 1. The number of halogens is 1. The molecule has 0 unspecified atom stereocenters. The van der Waals surface area contributed by atoms with Crippen LogP contribution in [0.25, 0.3) is 0 Å². The maximum atomic E-state index is 8.78. The van der Waals surface area contributed by atoms with Gasteiger partial charge in [0.1, 0.15) is 6.07 Å². The highest BCUT2D eigenvalue weighted by Crippen LogP contribution is 2.19. The Morgan fingerprint density at radius 2 is 2.31 bits per heavy atom. The van der Waals surface area contributed by atoms with Gasteiger partial charge >= 0.3 is 0 Å². The molecular formula is C10H7BrN2. The van der Waals surface area contributed by atoms with Crippen LogP contribution >= 0.6 is 15.9 Å². The number of rotatable bonds is 2. The molecule has 0 saturated carbocycles. The predicted molar refractivity (Wildman–Crippen MR) is 56.2 cm³/mol. The lowest BCUT2D eigenvalue weighted by Crippen LogP contribution is -2.00. The first-order valence-electron chi connectivity index (χ1n) is 3.65. The zero-order valence-electron chi connectivity index (χ0n) is 6.84. The van der Waals surface area contributed by atoms with Gasteiger partial charge in [0.2, 0.25) is 0 Å². The van der Waals surface area contributed by atoms with Crippen LogP contribution in [0.3, 0.4) is 0 Å². The van der Waals surface area contributed by atoms with E-state index in [1.54, 1.807) is 6.07 Å². The van der Waals surface area contributed by atoms with E-state index in [1.807, 2.05) is 12.1 Å². The largest absolute Gasteiger partial charge is 0.373 e. The van der Waals surface area contributed by atoms with Crippen molar-refractivity contribution in [3.63, 3.8) is 0 Å².